The Kier molecular flexibility index (Phi) is 7.32. The number of piperazine rings is 1. The number of para-hydroxylation sites is 2. The molecule has 1 aliphatic heterocycles. The molecule has 3 aromatic rings. The van der Waals surface area contributed by atoms with Gasteiger partial charge in [0.25, 0.3) is 0 Å². The second-order valence-corrected chi connectivity index (χ2v) is 10.4. The van der Waals surface area contributed by atoms with Crippen LogP contribution in [0.3, 0.4) is 0 Å². The van der Waals surface area contributed by atoms with Crippen molar-refractivity contribution in [2.24, 2.45) is 0 Å². The lowest BCUT2D eigenvalue weighted by Crippen LogP contribution is -2.50. The van der Waals surface area contributed by atoms with Gasteiger partial charge in [0.05, 0.1) is 16.8 Å². The molecule has 0 atom stereocenters. The molecule has 0 N–H and O–H groups in total. The van der Waals surface area contributed by atoms with E-state index < -0.39 is 10.0 Å². The van der Waals surface area contributed by atoms with Gasteiger partial charge in [-0.3, -0.25) is 4.79 Å². The fraction of sp³-hybridized carbons (Fsp3) is 0.250. The second kappa shape index (κ2) is 10.4. The number of aromatic nitrogens is 2. The third-order valence-electron chi connectivity index (χ3n) is 5.44. The summed E-state index contributed by atoms with van der Waals surface area (Å²) in [5.41, 5.74) is 2.72. The van der Waals surface area contributed by atoms with E-state index in [4.69, 9.17) is 0 Å². The summed E-state index contributed by atoms with van der Waals surface area (Å²) in [7, 11) is -3.53. The third-order valence-corrected chi connectivity index (χ3v) is 7.97. The fourth-order valence-electron chi connectivity index (χ4n) is 3.69. The van der Waals surface area contributed by atoms with E-state index >= 15 is 0 Å². The predicted molar refractivity (Wildman–Crippen MR) is 133 cm³/mol. The Morgan fingerprint density at radius 1 is 1.03 bits per heavy atom. The normalized spacial score (nSPS) is 15.3. The highest BCUT2D eigenvalue weighted by Crippen LogP contribution is 2.24. The van der Waals surface area contributed by atoms with Crippen molar-refractivity contribution >= 4 is 44.8 Å². The zero-order valence-corrected chi connectivity index (χ0v) is 19.8. The number of fused-ring (bicyclic) bond motifs is 1. The lowest BCUT2D eigenvalue weighted by molar-refractivity contribution is -0.129. The molecule has 1 amide bonds. The maximum absolute atomic E-state index is 12.8. The van der Waals surface area contributed by atoms with Crippen LogP contribution < -0.4 is 0 Å². The number of allylic oxidation sites excluding steroid dienone is 1. The Bertz CT molecular complexity index is 1260. The SMILES string of the molecule is C=CCn1c(SCC(=O)N2CCN(S(=O)(=O)/C=C/c3ccccc3)CC2)nc2ccccc21. The molecule has 1 fully saturated rings. The largest absolute Gasteiger partial charge is 0.339 e. The standard InChI is InChI=1S/C24H26N4O3S2/c1-2-13-28-22-11-7-6-10-21(22)25-24(28)32-19-23(29)26-14-16-27(17-15-26)33(30,31)18-12-20-8-4-3-5-9-20/h2-12,18H,1,13-17,19H2/b18-12+. The van der Waals surface area contributed by atoms with Gasteiger partial charge in [-0.2, -0.15) is 4.31 Å². The Hall–Kier alpha value is -2.88. The molecule has 0 radical (unpaired) electrons. The number of carbonyl (C=O) groups is 1. The molecule has 7 nitrogen and oxygen atoms in total. The molecule has 9 heteroatoms. The Morgan fingerprint density at radius 2 is 1.73 bits per heavy atom. The van der Waals surface area contributed by atoms with E-state index in [0.29, 0.717) is 19.6 Å². The molecule has 0 unspecified atom stereocenters. The Balaban J connectivity index is 1.33. The highest BCUT2D eigenvalue weighted by molar-refractivity contribution is 7.99. The summed E-state index contributed by atoms with van der Waals surface area (Å²) < 4.78 is 28.8. The summed E-state index contributed by atoms with van der Waals surface area (Å²) in [6.45, 7) is 5.75. The quantitative estimate of drug-likeness (QED) is 0.363. The van der Waals surface area contributed by atoms with Crippen molar-refractivity contribution in [1.82, 2.24) is 18.8 Å². The Morgan fingerprint density at radius 3 is 2.45 bits per heavy atom. The first-order chi connectivity index (χ1) is 16.0. The van der Waals surface area contributed by atoms with Crippen molar-refractivity contribution in [3.8, 4) is 0 Å². The summed E-state index contributed by atoms with van der Waals surface area (Å²) in [5.74, 6) is 0.232. The minimum absolute atomic E-state index is 0.0194. The minimum Gasteiger partial charge on any atom is -0.339 e. The highest BCUT2D eigenvalue weighted by atomic mass is 32.2. The highest BCUT2D eigenvalue weighted by Gasteiger charge is 2.27. The van der Waals surface area contributed by atoms with Gasteiger partial charge in [-0.15, -0.1) is 6.58 Å². The van der Waals surface area contributed by atoms with Gasteiger partial charge in [0.1, 0.15) is 0 Å². The first-order valence-electron chi connectivity index (χ1n) is 10.7. The summed E-state index contributed by atoms with van der Waals surface area (Å²) in [4.78, 5) is 19.2. The summed E-state index contributed by atoms with van der Waals surface area (Å²) >= 11 is 1.40. The van der Waals surface area contributed by atoms with Crippen molar-refractivity contribution in [1.29, 1.82) is 0 Å². The predicted octanol–water partition coefficient (Wildman–Crippen LogP) is 3.46. The first-order valence-corrected chi connectivity index (χ1v) is 13.2. The van der Waals surface area contributed by atoms with E-state index in [1.807, 2.05) is 65.2 Å². The molecule has 2 heterocycles. The maximum Gasteiger partial charge on any atom is 0.236 e. The zero-order chi connectivity index (χ0) is 23.3. The van der Waals surface area contributed by atoms with E-state index in [2.05, 4.69) is 11.6 Å². The number of carbonyl (C=O) groups excluding carboxylic acids is 1. The number of hydrogen-bond acceptors (Lipinski definition) is 5. The van der Waals surface area contributed by atoms with Gasteiger partial charge in [-0.25, -0.2) is 13.4 Å². The van der Waals surface area contributed by atoms with Crippen LogP contribution in [0, 0.1) is 0 Å². The summed E-state index contributed by atoms with van der Waals surface area (Å²) in [5, 5.41) is 2.01. The number of benzene rings is 2. The molecule has 1 saturated heterocycles. The average molecular weight is 483 g/mol. The minimum atomic E-state index is -3.53. The fourth-order valence-corrected chi connectivity index (χ4v) is 5.79. The molecule has 0 aliphatic carbocycles. The second-order valence-electron chi connectivity index (χ2n) is 7.61. The molecule has 4 rings (SSSR count). The van der Waals surface area contributed by atoms with Gasteiger partial charge in [0.2, 0.25) is 15.9 Å². The van der Waals surface area contributed by atoms with E-state index in [9.17, 15) is 13.2 Å². The number of sulfonamides is 1. The lowest BCUT2D eigenvalue weighted by Gasteiger charge is -2.33. The Labute approximate surface area is 198 Å². The number of hydrogen-bond donors (Lipinski definition) is 0. The molecule has 0 saturated carbocycles. The van der Waals surface area contributed by atoms with E-state index in [1.165, 1.54) is 21.5 Å². The van der Waals surface area contributed by atoms with E-state index in [-0.39, 0.29) is 24.7 Å². The maximum atomic E-state index is 12.8. The molecular formula is C24H26N4O3S2. The number of nitrogens with zero attached hydrogens (tertiary/aromatic N) is 4. The lowest BCUT2D eigenvalue weighted by atomic mass is 10.2. The van der Waals surface area contributed by atoms with Gasteiger partial charge >= 0.3 is 0 Å². The molecule has 172 valence electrons. The van der Waals surface area contributed by atoms with Crippen molar-refractivity contribution < 1.29 is 13.2 Å². The number of imidazole rings is 1. The van der Waals surface area contributed by atoms with Gasteiger partial charge in [0, 0.05) is 38.1 Å². The van der Waals surface area contributed by atoms with Crippen LogP contribution in [-0.2, 0) is 21.4 Å². The first kappa shape index (κ1) is 23.3. The number of amides is 1. The molecule has 0 spiro atoms. The molecule has 2 aromatic carbocycles. The van der Waals surface area contributed by atoms with Gasteiger partial charge in [-0.1, -0.05) is 60.3 Å². The monoisotopic (exact) mass is 482 g/mol. The third kappa shape index (κ3) is 5.55. The average Bonchev–Trinajstić information content (AvgIpc) is 3.20. The van der Waals surface area contributed by atoms with Crippen LogP contribution in [0.2, 0.25) is 0 Å². The van der Waals surface area contributed by atoms with Crippen LogP contribution >= 0.6 is 11.8 Å². The van der Waals surface area contributed by atoms with Crippen LogP contribution in [0.5, 0.6) is 0 Å². The topological polar surface area (TPSA) is 75.5 Å². The van der Waals surface area contributed by atoms with Gasteiger partial charge in [-0.05, 0) is 23.8 Å². The van der Waals surface area contributed by atoms with Crippen molar-refractivity contribution in [2.45, 2.75) is 11.7 Å². The molecule has 1 aliphatic rings. The molecule has 1 aromatic heterocycles. The van der Waals surface area contributed by atoms with Crippen LogP contribution in [0.15, 0.2) is 77.8 Å². The van der Waals surface area contributed by atoms with Crippen LogP contribution in [0.25, 0.3) is 17.1 Å². The van der Waals surface area contributed by atoms with E-state index in [0.717, 1.165) is 21.8 Å². The number of rotatable bonds is 8. The summed E-state index contributed by atoms with van der Waals surface area (Å²) in [6, 6.07) is 17.2. The number of thioether (sulfide) groups is 1. The van der Waals surface area contributed by atoms with Crippen molar-refractivity contribution in [3.63, 3.8) is 0 Å². The van der Waals surface area contributed by atoms with Crippen LogP contribution in [0.1, 0.15) is 5.56 Å². The smallest absolute Gasteiger partial charge is 0.236 e. The molecule has 33 heavy (non-hydrogen) atoms. The van der Waals surface area contributed by atoms with Gasteiger partial charge in [0.15, 0.2) is 5.16 Å². The van der Waals surface area contributed by atoms with Crippen LogP contribution in [-0.4, -0.2) is 65.0 Å². The van der Waals surface area contributed by atoms with Crippen molar-refractivity contribution in [3.05, 3.63) is 78.2 Å². The zero-order valence-electron chi connectivity index (χ0n) is 18.2. The summed E-state index contributed by atoms with van der Waals surface area (Å²) in [6.07, 6.45) is 3.41. The molecule has 0 bridgehead atoms. The van der Waals surface area contributed by atoms with E-state index in [1.54, 1.807) is 11.0 Å². The van der Waals surface area contributed by atoms with Crippen molar-refractivity contribution in [2.75, 3.05) is 31.9 Å². The van der Waals surface area contributed by atoms with Gasteiger partial charge < -0.3 is 9.47 Å². The van der Waals surface area contributed by atoms with Crippen LogP contribution in [0.4, 0.5) is 0 Å². The molecular weight excluding hydrogens is 456 g/mol.